The molecule has 5 nitrogen and oxygen atoms in total. The minimum Gasteiger partial charge on any atom is -0.338 e. The molecule has 104 valence electrons. The second kappa shape index (κ2) is 5.20. The molecule has 1 aromatic heterocycles. The van der Waals surface area contributed by atoms with E-state index in [2.05, 4.69) is 4.98 Å². The van der Waals surface area contributed by atoms with E-state index in [1.807, 2.05) is 0 Å². The van der Waals surface area contributed by atoms with Crippen LogP contribution in [0.4, 0.5) is 8.78 Å². The lowest BCUT2D eigenvalue weighted by Crippen LogP contribution is -2.34. The Bertz CT molecular complexity index is 604. The van der Waals surface area contributed by atoms with Gasteiger partial charge in [0.15, 0.2) is 15.7 Å². The van der Waals surface area contributed by atoms with Gasteiger partial charge in [-0.25, -0.2) is 17.8 Å². The molecule has 1 saturated heterocycles. The molecule has 0 bridgehead atoms. The maximum absolute atomic E-state index is 13.5. The van der Waals surface area contributed by atoms with Crippen molar-refractivity contribution in [3.63, 3.8) is 0 Å². The van der Waals surface area contributed by atoms with Gasteiger partial charge < -0.3 is 4.90 Å². The molecule has 2 heterocycles. The molecule has 1 fully saturated rings. The van der Waals surface area contributed by atoms with Gasteiger partial charge in [0.25, 0.3) is 5.91 Å². The summed E-state index contributed by atoms with van der Waals surface area (Å²) in [5, 5.41) is 0. The quantitative estimate of drug-likeness (QED) is 0.711. The van der Waals surface area contributed by atoms with Crippen molar-refractivity contribution >= 4 is 15.7 Å². The van der Waals surface area contributed by atoms with Crippen LogP contribution in [0.5, 0.6) is 0 Å². The molecule has 0 N–H and O–H groups in total. The number of aromatic nitrogens is 1. The van der Waals surface area contributed by atoms with E-state index in [-0.39, 0.29) is 24.6 Å². The van der Waals surface area contributed by atoms with Gasteiger partial charge in [0.2, 0.25) is 5.95 Å². The lowest BCUT2D eigenvalue weighted by atomic mass is 10.2. The summed E-state index contributed by atoms with van der Waals surface area (Å²) in [5.74, 6) is -3.51. The van der Waals surface area contributed by atoms with E-state index in [9.17, 15) is 22.0 Å². The predicted molar refractivity (Wildman–Crippen MR) is 63.3 cm³/mol. The summed E-state index contributed by atoms with van der Waals surface area (Å²) in [6, 6.07) is 1.08. The van der Waals surface area contributed by atoms with Crippen LogP contribution in [0.25, 0.3) is 0 Å². The number of hydrogen-bond donors (Lipinski definition) is 0. The molecule has 0 aromatic carbocycles. The molecule has 2 rings (SSSR count). The number of amides is 1. The smallest absolute Gasteiger partial charge is 0.257 e. The van der Waals surface area contributed by atoms with E-state index in [4.69, 9.17) is 0 Å². The van der Waals surface area contributed by atoms with Gasteiger partial charge in [0.1, 0.15) is 0 Å². The zero-order valence-electron chi connectivity index (χ0n) is 9.97. The van der Waals surface area contributed by atoms with Crippen molar-refractivity contribution in [2.24, 2.45) is 0 Å². The normalized spacial score (nSPS) is 18.9. The molecule has 1 aliphatic heterocycles. The molecule has 0 aliphatic carbocycles. The van der Waals surface area contributed by atoms with Gasteiger partial charge in [-0.3, -0.25) is 4.79 Å². The Labute approximate surface area is 109 Å². The van der Waals surface area contributed by atoms with Crippen LogP contribution >= 0.6 is 0 Å². The maximum Gasteiger partial charge on any atom is 0.257 e. The summed E-state index contributed by atoms with van der Waals surface area (Å²) < 4.78 is 49.2. The SMILES string of the molecule is O=C(c1ccnc(F)c1F)N1CCCS(=O)(=O)CC1. The molecule has 1 aromatic rings. The average molecular weight is 290 g/mol. The average Bonchev–Trinajstić information content (AvgIpc) is 2.53. The van der Waals surface area contributed by atoms with E-state index in [1.165, 1.54) is 4.90 Å². The summed E-state index contributed by atoms with van der Waals surface area (Å²) in [4.78, 5) is 16.4. The second-order valence-electron chi connectivity index (χ2n) is 4.26. The van der Waals surface area contributed by atoms with Gasteiger partial charge in [-0.1, -0.05) is 0 Å². The second-order valence-corrected chi connectivity index (χ2v) is 6.56. The molecule has 0 atom stereocenters. The van der Waals surface area contributed by atoms with Crippen molar-refractivity contribution in [1.82, 2.24) is 9.88 Å². The fourth-order valence-corrected chi connectivity index (χ4v) is 3.17. The Morgan fingerprint density at radius 2 is 2.00 bits per heavy atom. The van der Waals surface area contributed by atoms with E-state index >= 15 is 0 Å². The standard InChI is InChI=1S/C11H12F2N2O3S/c12-9-8(2-3-14-10(9)13)11(16)15-4-1-6-19(17,18)7-5-15/h2-3H,1,4-7H2. The van der Waals surface area contributed by atoms with E-state index < -0.39 is 33.1 Å². The van der Waals surface area contributed by atoms with E-state index in [0.29, 0.717) is 6.42 Å². The van der Waals surface area contributed by atoms with E-state index in [0.717, 1.165) is 12.3 Å². The molecule has 0 radical (unpaired) electrons. The van der Waals surface area contributed by atoms with Crippen molar-refractivity contribution in [3.05, 3.63) is 29.6 Å². The lowest BCUT2D eigenvalue weighted by Gasteiger charge is -2.19. The number of hydrogen-bond acceptors (Lipinski definition) is 4. The number of halogens is 2. The van der Waals surface area contributed by atoms with Crippen LogP contribution in [0.3, 0.4) is 0 Å². The van der Waals surface area contributed by atoms with Crippen LogP contribution in [-0.2, 0) is 9.84 Å². The van der Waals surface area contributed by atoms with Crippen molar-refractivity contribution in [1.29, 1.82) is 0 Å². The Morgan fingerprint density at radius 1 is 1.26 bits per heavy atom. The first kappa shape index (κ1) is 13.9. The van der Waals surface area contributed by atoms with Crippen LogP contribution in [-0.4, -0.2) is 48.8 Å². The topological polar surface area (TPSA) is 67.3 Å². The Kier molecular flexibility index (Phi) is 3.79. The third-order valence-corrected chi connectivity index (χ3v) is 4.64. The van der Waals surface area contributed by atoms with Gasteiger partial charge in [-0.2, -0.15) is 4.39 Å². The predicted octanol–water partition coefficient (Wildman–Crippen LogP) is 0.621. The molecule has 1 amide bonds. The molecule has 1 aliphatic rings. The van der Waals surface area contributed by atoms with Gasteiger partial charge in [-0.15, -0.1) is 0 Å². The number of pyridine rings is 1. The first-order valence-corrected chi connectivity index (χ1v) is 7.52. The molecule has 0 spiro atoms. The highest BCUT2D eigenvalue weighted by Crippen LogP contribution is 2.14. The third kappa shape index (κ3) is 3.06. The first-order chi connectivity index (χ1) is 8.91. The van der Waals surface area contributed by atoms with Gasteiger partial charge in [0, 0.05) is 19.3 Å². The summed E-state index contributed by atoms with van der Waals surface area (Å²) >= 11 is 0. The molecular formula is C11H12F2N2O3S. The highest BCUT2D eigenvalue weighted by Gasteiger charge is 2.26. The number of carbonyl (C=O) groups excluding carboxylic acids is 1. The molecule has 19 heavy (non-hydrogen) atoms. The summed E-state index contributed by atoms with van der Waals surface area (Å²) in [6.07, 6.45) is 1.30. The van der Waals surface area contributed by atoms with Crippen molar-refractivity contribution in [3.8, 4) is 0 Å². The highest BCUT2D eigenvalue weighted by molar-refractivity contribution is 7.91. The molecule has 0 saturated carbocycles. The van der Waals surface area contributed by atoms with Crippen LogP contribution in [0.1, 0.15) is 16.8 Å². The van der Waals surface area contributed by atoms with Crippen molar-refractivity contribution in [2.75, 3.05) is 24.6 Å². The van der Waals surface area contributed by atoms with Crippen LogP contribution in [0.15, 0.2) is 12.3 Å². The lowest BCUT2D eigenvalue weighted by molar-refractivity contribution is 0.0762. The van der Waals surface area contributed by atoms with Gasteiger partial charge in [-0.05, 0) is 12.5 Å². The number of rotatable bonds is 1. The fourth-order valence-electron chi connectivity index (χ4n) is 1.90. The number of carbonyl (C=O) groups is 1. The maximum atomic E-state index is 13.5. The van der Waals surface area contributed by atoms with E-state index in [1.54, 1.807) is 0 Å². The van der Waals surface area contributed by atoms with Gasteiger partial charge >= 0.3 is 0 Å². The van der Waals surface area contributed by atoms with Crippen LogP contribution in [0, 0.1) is 11.8 Å². The Balaban J connectivity index is 2.22. The largest absolute Gasteiger partial charge is 0.338 e. The molecule has 0 unspecified atom stereocenters. The molecule has 8 heteroatoms. The fraction of sp³-hybridized carbons (Fsp3) is 0.455. The monoisotopic (exact) mass is 290 g/mol. The summed E-state index contributed by atoms with van der Waals surface area (Å²) in [7, 11) is -3.16. The minimum atomic E-state index is -3.16. The summed E-state index contributed by atoms with van der Waals surface area (Å²) in [6.45, 7) is 0.200. The number of sulfone groups is 1. The zero-order chi connectivity index (χ0) is 14.0. The first-order valence-electron chi connectivity index (χ1n) is 5.70. The Hall–Kier alpha value is -1.57. The zero-order valence-corrected chi connectivity index (χ0v) is 10.8. The van der Waals surface area contributed by atoms with Crippen LogP contribution < -0.4 is 0 Å². The highest BCUT2D eigenvalue weighted by atomic mass is 32.2. The third-order valence-electron chi connectivity index (χ3n) is 2.92. The van der Waals surface area contributed by atoms with Crippen molar-refractivity contribution < 1.29 is 22.0 Å². The number of nitrogens with zero attached hydrogens (tertiary/aromatic N) is 2. The van der Waals surface area contributed by atoms with Crippen LogP contribution in [0.2, 0.25) is 0 Å². The minimum absolute atomic E-state index is 0.00394. The Morgan fingerprint density at radius 3 is 2.74 bits per heavy atom. The summed E-state index contributed by atoms with van der Waals surface area (Å²) in [5.41, 5.74) is -0.424. The van der Waals surface area contributed by atoms with Gasteiger partial charge in [0.05, 0.1) is 17.1 Å². The van der Waals surface area contributed by atoms with Crippen molar-refractivity contribution in [2.45, 2.75) is 6.42 Å². The molecular weight excluding hydrogens is 278 g/mol.